The van der Waals surface area contributed by atoms with Gasteiger partial charge in [-0.1, -0.05) is 31.4 Å². The number of carbonyl (C=O) groups excluding carboxylic acids is 2. The van der Waals surface area contributed by atoms with Gasteiger partial charge < -0.3 is 10.2 Å². The average Bonchev–Trinajstić information content (AvgIpc) is 3.45. The highest BCUT2D eigenvalue weighted by Crippen LogP contribution is 2.35. The van der Waals surface area contributed by atoms with Gasteiger partial charge >= 0.3 is 0 Å². The molecule has 2 aliphatic carbocycles. The molecule has 0 aromatic heterocycles. The van der Waals surface area contributed by atoms with Crippen molar-refractivity contribution in [1.82, 2.24) is 10.2 Å². The van der Waals surface area contributed by atoms with Crippen LogP contribution in [0.1, 0.15) is 56.6 Å². The van der Waals surface area contributed by atoms with Gasteiger partial charge in [0.2, 0.25) is 11.8 Å². The summed E-state index contributed by atoms with van der Waals surface area (Å²) in [4.78, 5) is 27.1. The molecule has 1 atom stereocenters. The van der Waals surface area contributed by atoms with Crippen LogP contribution in [0.25, 0.3) is 0 Å². The minimum Gasteiger partial charge on any atom is -0.351 e. The molecule has 1 aromatic rings. The first-order valence-corrected chi connectivity index (χ1v) is 9.56. The molecule has 136 valence electrons. The van der Waals surface area contributed by atoms with Gasteiger partial charge in [-0.3, -0.25) is 9.59 Å². The monoisotopic (exact) mass is 366 g/mol. The van der Waals surface area contributed by atoms with Crippen LogP contribution in [0.4, 0.5) is 4.39 Å². The molecule has 3 rings (SSSR count). The fourth-order valence-corrected chi connectivity index (χ4v) is 3.73. The molecule has 2 amide bonds. The summed E-state index contributed by atoms with van der Waals surface area (Å²) in [6.07, 6.45) is 7.10. The Bertz CT molecular complexity index is 612. The first kappa shape index (κ1) is 18.2. The summed E-state index contributed by atoms with van der Waals surface area (Å²) in [6, 6.07) is 5.25. The van der Waals surface area contributed by atoms with Crippen LogP contribution in [0.15, 0.2) is 24.3 Å². The number of hydrogen-bond donors (Lipinski definition) is 1. The summed E-state index contributed by atoms with van der Waals surface area (Å²) in [7, 11) is 0. The van der Waals surface area contributed by atoms with Crippen LogP contribution in [-0.4, -0.2) is 34.7 Å². The van der Waals surface area contributed by atoms with Crippen molar-refractivity contribution >= 4 is 23.4 Å². The molecule has 1 aromatic carbocycles. The molecular weight excluding hydrogens is 343 g/mol. The van der Waals surface area contributed by atoms with Crippen molar-refractivity contribution in [2.45, 2.75) is 63.1 Å². The lowest BCUT2D eigenvalue weighted by molar-refractivity contribution is -0.140. The molecule has 6 heteroatoms. The lowest BCUT2D eigenvalue weighted by Gasteiger charge is -2.33. The topological polar surface area (TPSA) is 49.4 Å². The Kier molecular flexibility index (Phi) is 5.94. The van der Waals surface area contributed by atoms with Crippen molar-refractivity contribution in [1.29, 1.82) is 0 Å². The van der Waals surface area contributed by atoms with Gasteiger partial charge in [0.05, 0.1) is 0 Å². The zero-order valence-electron chi connectivity index (χ0n) is 14.2. The number of halogens is 2. The summed E-state index contributed by atoms with van der Waals surface area (Å²) >= 11 is 5.79. The van der Waals surface area contributed by atoms with E-state index in [0.717, 1.165) is 38.5 Å². The summed E-state index contributed by atoms with van der Waals surface area (Å²) in [6.45, 7) is 0. The van der Waals surface area contributed by atoms with Gasteiger partial charge in [0, 0.05) is 12.1 Å². The standard InChI is InChI=1S/C19H24ClFN2O2/c20-12-17(24)23(16-10-11-16)18(13-6-8-14(21)9-7-13)19(25)22-15-4-2-1-3-5-15/h6-9,15-16,18H,1-5,10-12H2,(H,22,25). The van der Waals surface area contributed by atoms with Crippen molar-refractivity contribution < 1.29 is 14.0 Å². The molecule has 1 unspecified atom stereocenters. The van der Waals surface area contributed by atoms with Gasteiger partial charge in [0.1, 0.15) is 17.7 Å². The molecular formula is C19H24ClFN2O2. The number of rotatable bonds is 6. The Morgan fingerprint density at radius 2 is 1.76 bits per heavy atom. The third-order valence-electron chi connectivity index (χ3n) is 5.01. The molecule has 2 fully saturated rings. The van der Waals surface area contributed by atoms with Gasteiger partial charge in [0.25, 0.3) is 0 Å². The van der Waals surface area contributed by atoms with Crippen LogP contribution in [0, 0.1) is 5.82 Å². The van der Waals surface area contributed by atoms with Gasteiger partial charge in [0.15, 0.2) is 0 Å². The fourth-order valence-electron chi connectivity index (χ4n) is 3.59. The second-order valence-electron chi connectivity index (χ2n) is 6.96. The predicted molar refractivity (Wildman–Crippen MR) is 94.7 cm³/mol. The highest BCUT2D eigenvalue weighted by atomic mass is 35.5. The van der Waals surface area contributed by atoms with Gasteiger partial charge in [-0.2, -0.15) is 0 Å². The summed E-state index contributed by atoms with van der Waals surface area (Å²) in [5.41, 5.74) is 0.625. The Morgan fingerprint density at radius 3 is 2.32 bits per heavy atom. The Hall–Kier alpha value is -1.62. The minimum atomic E-state index is -0.749. The molecule has 0 bridgehead atoms. The summed E-state index contributed by atoms with van der Waals surface area (Å²) in [5, 5.41) is 3.10. The first-order valence-electron chi connectivity index (χ1n) is 9.03. The Morgan fingerprint density at radius 1 is 1.12 bits per heavy atom. The smallest absolute Gasteiger partial charge is 0.247 e. The van der Waals surface area contributed by atoms with Crippen LogP contribution in [0.3, 0.4) is 0 Å². The summed E-state index contributed by atoms with van der Waals surface area (Å²) in [5.74, 6) is -0.969. The van der Waals surface area contributed by atoms with Crippen LogP contribution in [0.5, 0.6) is 0 Å². The van der Waals surface area contributed by atoms with E-state index in [1.807, 2.05) is 0 Å². The van der Waals surface area contributed by atoms with Crippen LogP contribution in [-0.2, 0) is 9.59 Å². The average molecular weight is 367 g/mol. The third kappa shape index (κ3) is 4.51. The molecule has 0 radical (unpaired) electrons. The second kappa shape index (κ2) is 8.17. The van der Waals surface area contributed by atoms with E-state index in [4.69, 9.17) is 11.6 Å². The van der Waals surface area contributed by atoms with Gasteiger partial charge in [-0.05, 0) is 43.4 Å². The fraction of sp³-hybridized carbons (Fsp3) is 0.579. The molecule has 0 saturated heterocycles. The molecule has 4 nitrogen and oxygen atoms in total. The van der Waals surface area contributed by atoms with Crippen molar-refractivity contribution in [3.63, 3.8) is 0 Å². The van der Waals surface area contributed by atoms with E-state index >= 15 is 0 Å². The largest absolute Gasteiger partial charge is 0.351 e. The van der Waals surface area contributed by atoms with E-state index in [1.54, 1.807) is 17.0 Å². The number of carbonyl (C=O) groups is 2. The third-order valence-corrected chi connectivity index (χ3v) is 5.24. The van der Waals surface area contributed by atoms with Gasteiger partial charge in [-0.15, -0.1) is 11.6 Å². The lowest BCUT2D eigenvalue weighted by atomic mass is 9.94. The molecule has 1 N–H and O–H groups in total. The normalized spacial score (nSPS) is 19.3. The molecule has 25 heavy (non-hydrogen) atoms. The number of alkyl halides is 1. The van der Waals surface area contributed by atoms with Crippen molar-refractivity contribution in [2.24, 2.45) is 0 Å². The van der Waals surface area contributed by atoms with Crippen LogP contribution in [0.2, 0.25) is 0 Å². The number of amides is 2. The summed E-state index contributed by atoms with van der Waals surface area (Å²) < 4.78 is 13.3. The van der Waals surface area contributed by atoms with Crippen molar-refractivity contribution in [3.8, 4) is 0 Å². The zero-order valence-corrected chi connectivity index (χ0v) is 15.0. The highest BCUT2D eigenvalue weighted by Gasteiger charge is 2.41. The van der Waals surface area contributed by atoms with Gasteiger partial charge in [-0.25, -0.2) is 4.39 Å². The maximum absolute atomic E-state index is 13.3. The quantitative estimate of drug-likeness (QED) is 0.783. The predicted octanol–water partition coefficient (Wildman–Crippen LogP) is 3.55. The first-order chi connectivity index (χ1) is 12.1. The molecule has 2 saturated carbocycles. The van der Waals surface area contributed by atoms with E-state index in [2.05, 4.69) is 5.32 Å². The van der Waals surface area contributed by atoms with Crippen molar-refractivity contribution in [2.75, 3.05) is 5.88 Å². The van der Waals surface area contributed by atoms with E-state index in [-0.39, 0.29) is 35.6 Å². The van der Waals surface area contributed by atoms with E-state index in [1.165, 1.54) is 18.6 Å². The molecule has 2 aliphatic rings. The van der Waals surface area contributed by atoms with Crippen molar-refractivity contribution in [3.05, 3.63) is 35.6 Å². The maximum atomic E-state index is 13.3. The Balaban J connectivity index is 1.85. The minimum absolute atomic E-state index is 0.0402. The van der Waals surface area contributed by atoms with Crippen LogP contribution < -0.4 is 5.32 Å². The number of nitrogens with one attached hydrogen (secondary N) is 1. The number of hydrogen-bond acceptors (Lipinski definition) is 2. The highest BCUT2D eigenvalue weighted by molar-refractivity contribution is 6.27. The molecule has 0 aliphatic heterocycles. The number of nitrogens with zero attached hydrogens (tertiary/aromatic N) is 1. The van der Waals surface area contributed by atoms with E-state index < -0.39 is 6.04 Å². The Labute approximate surface area is 152 Å². The number of benzene rings is 1. The maximum Gasteiger partial charge on any atom is 0.247 e. The SMILES string of the molecule is O=C(NC1CCCCC1)C(c1ccc(F)cc1)N(C(=O)CCl)C1CC1. The van der Waals surface area contributed by atoms with E-state index in [0.29, 0.717) is 5.56 Å². The second-order valence-corrected chi connectivity index (χ2v) is 7.23. The van der Waals surface area contributed by atoms with E-state index in [9.17, 15) is 14.0 Å². The molecule has 0 heterocycles. The lowest BCUT2D eigenvalue weighted by Crippen LogP contribution is -2.48. The zero-order chi connectivity index (χ0) is 17.8. The van der Waals surface area contributed by atoms with Crippen LogP contribution >= 0.6 is 11.6 Å². The molecule has 0 spiro atoms.